The van der Waals surface area contributed by atoms with E-state index in [0.29, 0.717) is 28.3 Å². The summed E-state index contributed by atoms with van der Waals surface area (Å²) in [6.45, 7) is 1.71. The van der Waals surface area contributed by atoms with E-state index in [1.165, 1.54) is 12.1 Å². The molecule has 172 valence electrons. The molecule has 10 heteroatoms. The number of hydrogen-bond donors (Lipinski definition) is 1. The van der Waals surface area contributed by atoms with Gasteiger partial charge in [-0.3, -0.25) is 14.9 Å². The Morgan fingerprint density at radius 1 is 1.24 bits per heavy atom. The molecule has 2 saturated heterocycles. The first kappa shape index (κ1) is 22.0. The fraction of sp³-hybridized carbons (Fsp3) is 0.348. The van der Waals surface area contributed by atoms with Crippen LogP contribution in [0.5, 0.6) is 5.75 Å². The minimum atomic E-state index is -0.571. The van der Waals surface area contributed by atoms with Crippen LogP contribution in [-0.4, -0.2) is 48.8 Å². The first-order chi connectivity index (χ1) is 15.8. The number of benzene rings is 2. The molecule has 2 bridgehead atoms. The molecule has 3 heterocycles. The van der Waals surface area contributed by atoms with E-state index in [1.54, 1.807) is 30.3 Å². The van der Waals surface area contributed by atoms with Crippen molar-refractivity contribution in [2.45, 2.75) is 11.7 Å². The third-order valence-corrected chi connectivity index (χ3v) is 7.11. The highest BCUT2D eigenvalue weighted by atomic mass is 35.5. The number of non-ortho nitro benzene ring substituents is 1. The number of amides is 1. The summed E-state index contributed by atoms with van der Waals surface area (Å²) >= 11 is 12.0. The van der Waals surface area contributed by atoms with E-state index in [1.807, 2.05) is 0 Å². The summed E-state index contributed by atoms with van der Waals surface area (Å²) in [5.74, 6) is 0.618. The van der Waals surface area contributed by atoms with Crippen LogP contribution in [0.3, 0.4) is 0 Å². The van der Waals surface area contributed by atoms with E-state index in [2.05, 4.69) is 22.4 Å². The molecular formula is C23H21Cl2N3O5. The highest BCUT2D eigenvalue weighted by molar-refractivity contribution is 6.35. The molecule has 3 aliphatic heterocycles. The first-order valence-corrected chi connectivity index (χ1v) is 11.3. The maximum atomic E-state index is 12.4. The molecule has 8 nitrogen and oxygen atoms in total. The second-order valence-electron chi connectivity index (χ2n) is 8.49. The van der Waals surface area contributed by atoms with Crippen molar-refractivity contribution in [1.29, 1.82) is 0 Å². The van der Waals surface area contributed by atoms with Crippen molar-refractivity contribution < 1.29 is 19.2 Å². The monoisotopic (exact) mass is 489 g/mol. The Morgan fingerprint density at radius 2 is 2.03 bits per heavy atom. The summed E-state index contributed by atoms with van der Waals surface area (Å²) in [5.41, 5.74) is 0.449. The van der Waals surface area contributed by atoms with Gasteiger partial charge in [-0.1, -0.05) is 35.4 Å². The Hall–Kier alpha value is -2.81. The van der Waals surface area contributed by atoms with Gasteiger partial charge in [0.2, 0.25) is 0 Å². The molecule has 4 unspecified atom stereocenters. The summed E-state index contributed by atoms with van der Waals surface area (Å²) in [5, 5.41) is 14.7. The van der Waals surface area contributed by atoms with Crippen LogP contribution in [0, 0.1) is 22.0 Å². The molecule has 2 aromatic carbocycles. The van der Waals surface area contributed by atoms with Crippen molar-refractivity contribution in [2.75, 3.05) is 31.1 Å². The zero-order chi connectivity index (χ0) is 23.2. The van der Waals surface area contributed by atoms with Gasteiger partial charge in [0, 0.05) is 47.8 Å². The van der Waals surface area contributed by atoms with Gasteiger partial charge in [-0.05, 0) is 30.3 Å². The van der Waals surface area contributed by atoms with Gasteiger partial charge in [0.25, 0.3) is 11.6 Å². The quantitative estimate of drug-likeness (QED) is 0.360. The van der Waals surface area contributed by atoms with Crippen LogP contribution in [0.15, 0.2) is 54.6 Å². The SMILES string of the molecule is O=C(COc1ccc(Cl)cc1Cl)NCC12C=CC(O1)C1CN(c3ccc([N+](=O)[O-])cc3)CC12. The lowest BCUT2D eigenvalue weighted by molar-refractivity contribution is -0.384. The number of hydrogen-bond acceptors (Lipinski definition) is 6. The van der Waals surface area contributed by atoms with Crippen molar-refractivity contribution in [3.8, 4) is 5.75 Å². The van der Waals surface area contributed by atoms with Gasteiger partial charge < -0.3 is 19.7 Å². The van der Waals surface area contributed by atoms with Crippen molar-refractivity contribution in [2.24, 2.45) is 11.8 Å². The summed E-state index contributed by atoms with van der Waals surface area (Å²) in [4.78, 5) is 25.2. The van der Waals surface area contributed by atoms with Crippen molar-refractivity contribution >= 4 is 40.5 Å². The number of anilines is 1. The summed E-state index contributed by atoms with van der Waals surface area (Å²) in [6.07, 6.45) is 4.12. The van der Waals surface area contributed by atoms with Crippen LogP contribution in [-0.2, 0) is 9.53 Å². The van der Waals surface area contributed by atoms with E-state index in [-0.39, 0.29) is 30.2 Å². The number of nitro groups is 1. The van der Waals surface area contributed by atoms with Gasteiger partial charge in [0.05, 0.1) is 22.6 Å². The van der Waals surface area contributed by atoms with Gasteiger partial charge in [-0.2, -0.15) is 0 Å². The summed E-state index contributed by atoms with van der Waals surface area (Å²) < 4.78 is 11.8. The second-order valence-corrected chi connectivity index (χ2v) is 9.33. The van der Waals surface area contributed by atoms with Crippen LogP contribution in [0.25, 0.3) is 0 Å². The van der Waals surface area contributed by atoms with E-state index >= 15 is 0 Å². The van der Waals surface area contributed by atoms with Gasteiger partial charge in [0.15, 0.2) is 6.61 Å². The number of rotatable bonds is 7. The molecule has 0 aromatic heterocycles. The average Bonchev–Trinajstić information content (AvgIpc) is 3.49. The minimum Gasteiger partial charge on any atom is -0.482 e. The fourth-order valence-electron chi connectivity index (χ4n) is 4.96. The smallest absolute Gasteiger partial charge is 0.269 e. The number of nitrogens with one attached hydrogen (secondary N) is 1. The molecule has 4 atom stereocenters. The van der Waals surface area contributed by atoms with Crippen LogP contribution < -0.4 is 15.0 Å². The lowest BCUT2D eigenvalue weighted by atomic mass is 9.77. The average molecular weight is 490 g/mol. The first-order valence-electron chi connectivity index (χ1n) is 10.6. The Morgan fingerprint density at radius 3 is 2.76 bits per heavy atom. The predicted molar refractivity (Wildman–Crippen MR) is 124 cm³/mol. The van der Waals surface area contributed by atoms with Gasteiger partial charge in [0.1, 0.15) is 11.4 Å². The number of carbonyl (C=O) groups excluding carboxylic acids is 1. The third-order valence-electron chi connectivity index (χ3n) is 6.58. The Balaban J connectivity index is 1.20. The van der Waals surface area contributed by atoms with E-state index in [0.717, 1.165) is 18.8 Å². The highest BCUT2D eigenvalue weighted by Gasteiger charge is 2.59. The van der Waals surface area contributed by atoms with Gasteiger partial charge in [-0.25, -0.2) is 0 Å². The Kier molecular flexibility index (Phi) is 5.68. The topological polar surface area (TPSA) is 93.9 Å². The Bertz CT molecular complexity index is 1130. The van der Waals surface area contributed by atoms with Crippen LogP contribution in [0.1, 0.15) is 0 Å². The number of halogens is 2. The zero-order valence-corrected chi connectivity index (χ0v) is 19.0. The molecule has 3 aliphatic rings. The second kappa shape index (κ2) is 8.52. The number of fused-ring (bicyclic) bond motifs is 5. The largest absolute Gasteiger partial charge is 0.482 e. The molecule has 0 aliphatic carbocycles. The van der Waals surface area contributed by atoms with E-state index < -0.39 is 10.5 Å². The van der Waals surface area contributed by atoms with Crippen molar-refractivity contribution in [1.82, 2.24) is 5.32 Å². The standard InChI is InChI=1S/C23H21Cl2N3O5/c24-14-1-6-21(19(25)9-14)32-12-22(29)26-13-23-8-7-20(33-23)17-10-27(11-18(17)23)15-2-4-16(5-3-15)28(30)31/h1-9,17-18,20H,10-13H2,(H,26,29). The van der Waals surface area contributed by atoms with Crippen molar-refractivity contribution in [3.63, 3.8) is 0 Å². The van der Waals surface area contributed by atoms with Gasteiger partial charge >= 0.3 is 0 Å². The maximum Gasteiger partial charge on any atom is 0.269 e. The molecule has 5 rings (SSSR count). The lowest BCUT2D eigenvalue weighted by Gasteiger charge is -2.31. The normalized spacial score (nSPS) is 27.0. The molecule has 1 N–H and O–H groups in total. The summed E-state index contributed by atoms with van der Waals surface area (Å²) in [6, 6.07) is 11.4. The van der Waals surface area contributed by atoms with Crippen LogP contribution in [0.2, 0.25) is 10.0 Å². The summed E-state index contributed by atoms with van der Waals surface area (Å²) in [7, 11) is 0. The number of nitrogens with zero attached hydrogens (tertiary/aromatic N) is 2. The van der Waals surface area contributed by atoms with Crippen molar-refractivity contribution in [3.05, 3.63) is 74.8 Å². The van der Waals surface area contributed by atoms with E-state index in [9.17, 15) is 14.9 Å². The predicted octanol–water partition coefficient (Wildman–Crippen LogP) is 3.86. The van der Waals surface area contributed by atoms with Crippen LogP contribution >= 0.6 is 23.2 Å². The molecule has 33 heavy (non-hydrogen) atoms. The number of nitro benzene ring substituents is 1. The number of ether oxygens (including phenoxy) is 2. The number of carbonyl (C=O) groups is 1. The molecular weight excluding hydrogens is 469 g/mol. The molecule has 0 radical (unpaired) electrons. The highest BCUT2D eigenvalue weighted by Crippen LogP contribution is 2.51. The fourth-order valence-corrected chi connectivity index (χ4v) is 5.42. The third kappa shape index (κ3) is 4.14. The molecule has 1 amide bonds. The van der Waals surface area contributed by atoms with Gasteiger partial charge in [-0.15, -0.1) is 0 Å². The molecule has 0 spiro atoms. The Labute approximate surface area is 200 Å². The maximum absolute atomic E-state index is 12.4. The molecule has 2 aromatic rings. The minimum absolute atomic E-state index is 0.000857. The van der Waals surface area contributed by atoms with E-state index in [4.69, 9.17) is 32.7 Å². The van der Waals surface area contributed by atoms with Crippen LogP contribution in [0.4, 0.5) is 11.4 Å². The zero-order valence-electron chi connectivity index (χ0n) is 17.4. The molecule has 2 fully saturated rings. The lowest BCUT2D eigenvalue weighted by Crippen LogP contribution is -2.47. The molecule has 0 saturated carbocycles.